The van der Waals surface area contributed by atoms with Crippen molar-refractivity contribution < 1.29 is 31.1 Å². The summed E-state index contributed by atoms with van der Waals surface area (Å²) in [6.45, 7) is 0. The fourth-order valence-corrected chi connectivity index (χ4v) is 2.36. The zero-order chi connectivity index (χ0) is 17.5. The third-order valence-corrected chi connectivity index (χ3v) is 3.29. The Bertz CT molecular complexity index is 882. The van der Waals surface area contributed by atoms with Crippen LogP contribution in [0.5, 0.6) is 5.75 Å². The minimum Gasteiger partial charge on any atom is -0.405 e. The van der Waals surface area contributed by atoms with Crippen LogP contribution in [0.2, 0.25) is 0 Å². The SMILES string of the molecule is FC(F)(F)Oc1cc2[nH]ncc2cc1-c1ccccc1C(F)(F)F. The molecular formula is C15H8F6N2O. The number of hydrogen-bond donors (Lipinski definition) is 1. The van der Waals surface area contributed by atoms with Gasteiger partial charge in [0.15, 0.2) is 0 Å². The first-order valence-corrected chi connectivity index (χ1v) is 6.54. The number of H-pyrrole nitrogens is 1. The molecule has 0 saturated carbocycles. The van der Waals surface area contributed by atoms with Gasteiger partial charge >= 0.3 is 12.5 Å². The second-order valence-electron chi connectivity index (χ2n) is 4.90. The quantitative estimate of drug-likeness (QED) is 0.652. The lowest BCUT2D eigenvalue weighted by Crippen LogP contribution is -2.18. The predicted molar refractivity (Wildman–Crippen MR) is 73.2 cm³/mol. The standard InChI is InChI=1S/C15H8F6N2O/c16-14(17,18)11-4-2-1-3-9(11)10-5-8-7-22-23-12(8)6-13(10)24-15(19,20)21/h1-7H,(H,22,23). The van der Waals surface area contributed by atoms with Crippen LogP contribution >= 0.6 is 0 Å². The zero-order valence-corrected chi connectivity index (χ0v) is 11.7. The van der Waals surface area contributed by atoms with Crippen LogP contribution in [0, 0.1) is 0 Å². The van der Waals surface area contributed by atoms with Crippen LogP contribution in [-0.4, -0.2) is 16.6 Å². The third-order valence-electron chi connectivity index (χ3n) is 3.29. The summed E-state index contributed by atoms with van der Waals surface area (Å²) in [7, 11) is 0. The molecule has 0 saturated heterocycles. The molecule has 2 aromatic carbocycles. The van der Waals surface area contributed by atoms with Crippen LogP contribution < -0.4 is 4.74 Å². The highest BCUT2D eigenvalue weighted by Gasteiger charge is 2.36. The van der Waals surface area contributed by atoms with E-state index in [1.165, 1.54) is 18.3 Å². The Morgan fingerprint density at radius 2 is 1.62 bits per heavy atom. The summed E-state index contributed by atoms with van der Waals surface area (Å²) in [4.78, 5) is 0. The number of nitrogens with one attached hydrogen (secondary N) is 1. The summed E-state index contributed by atoms with van der Waals surface area (Å²) in [5, 5.41) is 6.47. The molecule has 0 amide bonds. The maximum Gasteiger partial charge on any atom is 0.573 e. The summed E-state index contributed by atoms with van der Waals surface area (Å²) in [6, 6.07) is 6.50. The molecule has 3 rings (SSSR count). The minimum atomic E-state index is -5.05. The van der Waals surface area contributed by atoms with Gasteiger partial charge in [-0.3, -0.25) is 5.10 Å². The van der Waals surface area contributed by atoms with E-state index in [-0.39, 0.29) is 11.1 Å². The van der Waals surface area contributed by atoms with Crippen molar-refractivity contribution in [1.82, 2.24) is 10.2 Å². The number of hydrogen-bond acceptors (Lipinski definition) is 2. The summed E-state index contributed by atoms with van der Waals surface area (Å²) in [6.07, 6.45) is -8.47. The van der Waals surface area contributed by atoms with Gasteiger partial charge in [-0.1, -0.05) is 18.2 Å². The van der Waals surface area contributed by atoms with Crippen LogP contribution in [0.4, 0.5) is 26.3 Å². The van der Waals surface area contributed by atoms with E-state index in [1.54, 1.807) is 0 Å². The first-order valence-electron chi connectivity index (χ1n) is 6.54. The van der Waals surface area contributed by atoms with Gasteiger partial charge in [0.1, 0.15) is 5.75 Å². The van der Waals surface area contributed by atoms with E-state index in [9.17, 15) is 26.3 Å². The zero-order valence-electron chi connectivity index (χ0n) is 11.7. The van der Waals surface area contributed by atoms with E-state index < -0.39 is 29.4 Å². The second kappa shape index (κ2) is 5.43. The van der Waals surface area contributed by atoms with Gasteiger partial charge in [0.05, 0.1) is 17.3 Å². The Hall–Kier alpha value is -2.71. The summed E-state index contributed by atoms with van der Waals surface area (Å²) in [5.41, 5.74) is -1.58. The Morgan fingerprint density at radius 3 is 2.29 bits per heavy atom. The number of ether oxygens (including phenoxy) is 1. The van der Waals surface area contributed by atoms with Gasteiger partial charge in [0.25, 0.3) is 0 Å². The number of alkyl halides is 6. The van der Waals surface area contributed by atoms with Crippen molar-refractivity contribution in [2.45, 2.75) is 12.5 Å². The van der Waals surface area contributed by atoms with E-state index in [4.69, 9.17) is 0 Å². The Morgan fingerprint density at radius 1 is 0.917 bits per heavy atom. The normalized spacial score (nSPS) is 12.6. The number of aromatic amines is 1. The first-order chi connectivity index (χ1) is 11.1. The molecule has 24 heavy (non-hydrogen) atoms. The van der Waals surface area contributed by atoms with Gasteiger partial charge in [-0.05, 0) is 17.7 Å². The smallest absolute Gasteiger partial charge is 0.405 e. The van der Waals surface area contributed by atoms with Crippen molar-refractivity contribution in [3.8, 4) is 16.9 Å². The van der Waals surface area contributed by atoms with Crippen LogP contribution in [0.3, 0.4) is 0 Å². The van der Waals surface area contributed by atoms with Crippen LogP contribution in [0.1, 0.15) is 5.56 Å². The lowest BCUT2D eigenvalue weighted by molar-refractivity contribution is -0.274. The van der Waals surface area contributed by atoms with Crippen LogP contribution in [0.25, 0.3) is 22.0 Å². The second-order valence-corrected chi connectivity index (χ2v) is 4.90. The number of aromatic nitrogens is 2. The molecule has 0 aliphatic heterocycles. The van der Waals surface area contributed by atoms with E-state index >= 15 is 0 Å². The molecule has 0 aliphatic rings. The Labute approximate surface area is 130 Å². The van der Waals surface area contributed by atoms with Crippen LogP contribution in [0.15, 0.2) is 42.6 Å². The number of fused-ring (bicyclic) bond motifs is 1. The van der Waals surface area contributed by atoms with Crippen molar-refractivity contribution in [2.24, 2.45) is 0 Å². The average molecular weight is 346 g/mol. The van der Waals surface area contributed by atoms with Gasteiger partial charge < -0.3 is 4.74 Å². The molecule has 1 aromatic heterocycles. The van der Waals surface area contributed by atoms with Crippen molar-refractivity contribution in [2.75, 3.05) is 0 Å². The van der Waals surface area contributed by atoms with Crippen LogP contribution in [-0.2, 0) is 6.18 Å². The Kier molecular flexibility index (Phi) is 3.66. The topological polar surface area (TPSA) is 37.9 Å². The highest BCUT2D eigenvalue weighted by atomic mass is 19.4. The highest BCUT2D eigenvalue weighted by molar-refractivity contribution is 5.88. The molecule has 3 aromatic rings. The third kappa shape index (κ3) is 3.15. The molecule has 0 spiro atoms. The molecule has 126 valence electrons. The van der Waals surface area contributed by atoms with Gasteiger partial charge in [-0.15, -0.1) is 13.2 Å². The molecule has 0 bridgehead atoms. The number of halogens is 6. The molecule has 0 aliphatic carbocycles. The van der Waals surface area contributed by atoms with E-state index in [2.05, 4.69) is 14.9 Å². The number of benzene rings is 2. The van der Waals surface area contributed by atoms with Gasteiger partial charge in [-0.25, -0.2) is 0 Å². The van der Waals surface area contributed by atoms with E-state index in [0.29, 0.717) is 5.39 Å². The minimum absolute atomic E-state index is 0.211. The summed E-state index contributed by atoms with van der Waals surface area (Å²) < 4.78 is 81.3. The largest absolute Gasteiger partial charge is 0.573 e. The molecule has 0 unspecified atom stereocenters. The van der Waals surface area contributed by atoms with Crippen molar-refractivity contribution >= 4 is 10.9 Å². The van der Waals surface area contributed by atoms with Crippen molar-refractivity contribution in [1.29, 1.82) is 0 Å². The number of nitrogens with zero attached hydrogens (tertiary/aromatic N) is 1. The molecule has 0 fully saturated rings. The average Bonchev–Trinajstić information content (AvgIpc) is 2.91. The molecule has 9 heteroatoms. The molecule has 1 N–H and O–H groups in total. The first kappa shape index (κ1) is 16.2. The van der Waals surface area contributed by atoms with Crippen molar-refractivity contribution in [3.05, 3.63) is 48.2 Å². The van der Waals surface area contributed by atoms with Crippen molar-refractivity contribution in [3.63, 3.8) is 0 Å². The molecule has 3 nitrogen and oxygen atoms in total. The number of rotatable bonds is 2. The monoisotopic (exact) mass is 346 g/mol. The lowest BCUT2D eigenvalue weighted by Gasteiger charge is -2.17. The highest BCUT2D eigenvalue weighted by Crippen LogP contribution is 2.42. The Balaban J connectivity index is 2.27. The molecule has 1 heterocycles. The van der Waals surface area contributed by atoms with Gasteiger partial charge in [-0.2, -0.15) is 18.3 Å². The maximum absolute atomic E-state index is 13.2. The maximum atomic E-state index is 13.2. The van der Waals surface area contributed by atoms with E-state index in [0.717, 1.165) is 24.3 Å². The van der Waals surface area contributed by atoms with Gasteiger partial charge in [0.2, 0.25) is 0 Å². The summed E-state index contributed by atoms with van der Waals surface area (Å²) >= 11 is 0. The molecular weight excluding hydrogens is 338 g/mol. The fourth-order valence-electron chi connectivity index (χ4n) is 2.36. The lowest BCUT2D eigenvalue weighted by atomic mass is 9.97. The predicted octanol–water partition coefficient (Wildman–Crippen LogP) is 5.15. The fraction of sp³-hybridized carbons (Fsp3) is 0.133. The van der Waals surface area contributed by atoms with E-state index in [1.807, 2.05) is 0 Å². The molecule has 0 atom stereocenters. The van der Waals surface area contributed by atoms with Gasteiger partial charge in [0, 0.05) is 17.0 Å². The molecule has 0 radical (unpaired) electrons. The summed E-state index contributed by atoms with van der Waals surface area (Å²) in [5.74, 6) is -0.740.